The number of nitrogens with zero attached hydrogens (tertiary/aromatic N) is 1. The summed E-state index contributed by atoms with van der Waals surface area (Å²) in [6.07, 6.45) is 32.6. The highest BCUT2D eigenvalue weighted by Crippen LogP contribution is 2.15. The van der Waals surface area contributed by atoms with Gasteiger partial charge in [-0.3, -0.25) is 5.73 Å². The summed E-state index contributed by atoms with van der Waals surface area (Å²) in [4.78, 5) is 0. The van der Waals surface area contributed by atoms with E-state index in [4.69, 9.17) is 5.73 Å². The van der Waals surface area contributed by atoms with Crippen LogP contribution in [0, 0.1) is 0 Å². The maximum atomic E-state index is 9.20. The Balaban J connectivity index is -0.000000834. The molecule has 3 N–H and O–H groups in total. The lowest BCUT2D eigenvalue weighted by atomic mass is 10.0. The summed E-state index contributed by atoms with van der Waals surface area (Å²) in [7, 11) is 4.24. The highest BCUT2D eigenvalue weighted by molar-refractivity contribution is 4.65. The van der Waals surface area contributed by atoms with E-state index in [1.165, 1.54) is 128 Å². The first-order valence-electron chi connectivity index (χ1n) is 15.7. The molecule has 0 radical (unpaired) electrons. The minimum absolute atomic E-state index is 0. The fraction of sp³-hybridized carbons (Fsp3) is 0.938. The van der Waals surface area contributed by atoms with Crippen LogP contribution in [0.1, 0.15) is 162 Å². The summed E-state index contributed by atoms with van der Waals surface area (Å²) < 4.78 is 0.833. The van der Waals surface area contributed by atoms with Gasteiger partial charge in [-0.2, -0.15) is 0 Å². The SMILES string of the molecule is C=CC[N+](C)(C)C(N)CC.CCCCCCCCCCCCCCCCCCCCCCC(C)O.[Cl-]. The zero-order valence-electron chi connectivity index (χ0n) is 25.6. The fourth-order valence-corrected chi connectivity index (χ4v) is 4.66. The number of rotatable bonds is 25. The number of halogens is 1. The molecule has 2 unspecified atom stereocenters. The molecule has 0 aliphatic rings. The van der Waals surface area contributed by atoms with Crippen molar-refractivity contribution in [3.63, 3.8) is 0 Å². The fourth-order valence-electron chi connectivity index (χ4n) is 4.66. The van der Waals surface area contributed by atoms with Crippen molar-refractivity contribution in [1.82, 2.24) is 0 Å². The third-order valence-electron chi connectivity index (χ3n) is 7.39. The maximum absolute atomic E-state index is 9.20. The Morgan fingerprint density at radius 1 is 0.667 bits per heavy atom. The molecule has 0 aliphatic carbocycles. The van der Waals surface area contributed by atoms with Gasteiger partial charge < -0.3 is 22.0 Å². The van der Waals surface area contributed by atoms with Gasteiger partial charge in [0.1, 0.15) is 6.17 Å². The second-order valence-corrected chi connectivity index (χ2v) is 11.6. The average molecular weight is 533 g/mol. The van der Waals surface area contributed by atoms with Crippen molar-refractivity contribution in [2.24, 2.45) is 5.73 Å². The first-order valence-corrected chi connectivity index (χ1v) is 15.7. The van der Waals surface area contributed by atoms with Crippen LogP contribution >= 0.6 is 0 Å². The van der Waals surface area contributed by atoms with E-state index in [9.17, 15) is 5.11 Å². The molecule has 0 aromatic rings. The molecule has 0 aliphatic heterocycles. The van der Waals surface area contributed by atoms with Gasteiger partial charge in [0.15, 0.2) is 0 Å². The monoisotopic (exact) mass is 533 g/mol. The molecule has 0 saturated heterocycles. The van der Waals surface area contributed by atoms with Crippen molar-refractivity contribution in [2.75, 3.05) is 20.6 Å². The molecule has 36 heavy (non-hydrogen) atoms. The average Bonchev–Trinajstić information content (AvgIpc) is 2.82. The largest absolute Gasteiger partial charge is 1.00 e. The van der Waals surface area contributed by atoms with Crippen LogP contribution in [0.15, 0.2) is 12.7 Å². The van der Waals surface area contributed by atoms with Crippen LogP contribution in [0.2, 0.25) is 0 Å². The van der Waals surface area contributed by atoms with E-state index in [1.807, 2.05) is 13.0 Å². The van der Waals surface area contributed by atoms with Crippen LogP contribution in [-0.4, -0.2) is 42.5 Å². The second kappa shape index (κ2) is 31.1. The lowest BCUT2D eigenvalue weighted by molar-refractivity contribution is -0.909. The molecule has 0 rings (SSSR count). The van der Waals surface area contributed by atoms with Crippen molar-refractivity contribution in [3.05, 3.63) is 12.7 Å². The van der Waals surface area contributed by atoms with Crippen molar-refractivity contribution in [1.29, 1.82) is 0 Å². The summed E-state index contributed by atoms with van der Waals surface area (Å²) in [5.41, 5.74) is 5.86. The number of aliphatic hydroxyl groups is 1. The number of hydrogen-bond donors (Lipinski definition) is 2. The number of aliphatic hydroxyl groups excluding tert-OH is 1. The molecule has 0 fully saturated rings. The van der Waals surface area contributed by atoms with E-state index >= 15 is 0 Å². The Morgan fingerprint density at radius 2 is 0.972 bits per heavy atom. The zero-order chi connectivity index (χ0) is 26.6. The highest BCUT2D eigenvalue weighted by atomic mass is 35.5. The standard InChI is InChI=1S/C24H50O.C8H19N2.ClH/c1-3-4-5-6-7-8-9-10-11-12-13-14-15-16-17-18-19-20-21-22-23-24(2)25;1-5-7-10(3,4)8(9)6-2;/h24-25H,3-23H2,1-2H3;5,8H,1,6-7,9H2,2-4H3;1H/q;+1;/p-1. The molecule has 0 spiro atoms. The van der Waals surface area contributed by atoms with Gasteiger partial charge in [0.25, 0.3) is 0 Å². The van der Waals surface area contributed by atoms with Crippen LogP contribution in [0.3, 0.4) is 0 Å². The molecule has 0 saturated carbocycles. The van der Waals surface area contributed by atoms with Crippen molar-refractivity contribution < 1.29 is 22.0 Å². The van der Waals surface area contributed by atoms with Crippen molar-refractivity contribution in [2.45, 2.75) is 174 Å². The van der Waals surface area contributed by atoms with Gasteiger partial charge in [0.2, 0.25) is 0 Å². The normalized spacial score (nSPS) is 12.9. The number of likely N-dealkylation sites (N-methyl/N-ethyl adjacent to an activating group) is 1. The summed E-state index contributed by atoms with van der Waals surface area (Å²) in [6, 6.07) is 0. The number of hydrogen-bond acceptors (Lipinski definition) is 2. The summed E-state index contributed by atoms with van der Waals surface area (Å²) in [6.45, 7) is 10.9. The van der Waals surface area contributed by atoms with Gasteiger partial charge in [-0.1, -0.05) is 149 Å². The third kappa shape index (κ3) is 31.9. The van der Waals surface area contributed by atoms with E-state index in [0.29, 0.717) is 0 Å². The Hall–Kier alpha value is -0.0900. The van der Waals surface area contributed by atoms with Gasteiger partial charge in [0, 0.05) is 6.42 Å². The number of unbranched alkanes of at least 4 members (excludes halogenated alkanes) is 19. The van der Waals surface area contributed by atoms with Gasteiger partial charge in [-0.25, -0.2) is 0 Å². The topological polar surface area (TPSA) is 46.2 Å². The first kappa shape index (κ1) is 40.4. The minimum atomic E-state index is -0.101. The van der Waals surface area contributed by atoms with Gasteiger partial charge in [0.05, 0.1) is 26.7 Å². The lowest BCUT2D eigenvalue weighted by Gasteiger charge is -2.34. The maximum Gasteiger partial charge on any atom is 0.139 e. The molecule has 2 atom stereocenters. The second-order valence-electron chi connectivity index (χ2n) is 11.6. The highest BCUT2D eigenvalue weighted by Gasteiger charge is 2.20. The lowest BCUT2D eigenvalue weighted by Crippen LogP contribution is -3.00. The molecular formula is C32H69ClN2O. The van der Waals surface area contributed by atoms with E-state index in [2.05, 4.69) is 34.5 Å². The quantitative estimate of drug-likeness (QED) is 0.0607. The molecule has 0 amide bonds. The smallest absolute Gasteiger partial charge is 0.139 e. The predicted molar refractivity (Wildman–Crippen MR) is 160 cm³/mol. The first-order chi connectivity index (χ1) is 16.8. The molecule has 0 aromatic carbocycles. The Bertz CT molecular complexity index is 415. The van der Waals surface area contributed by atoms with Crippen LogP contribution in [0.5, 0.6) is 0 Å². The molecule has 0 heterocycles. The number of nitrogens with two attached hydrogens (primary N) is 1. The van der Waals surface area contributed by atoms with Crippen LogP contribution in [-0.2, 0) is 0 Å². The molecule has 220 valence electrons. The molecular weight excluding hydrogens is 464 g/mol. The number of quaternary nitrogens is 1. The Kier molecular flexibility index (Phi) is 34.9. The molecule has 4 heteroatoms. The molecule has 3 nitrogen and oxygen atoms in total. The minimum Gasteiger partial charge on any atom is -1.00 e. The van der Waals surface area contributed by atoms with E-state index < -0.39 is 0 Å². The van der Waals surface area contributed by atoms with Gasteiger partial charge in [-0.15, -0.1) is 0 Å². The van der Waals surface area contributed by atoms with Gasteiger partial charge in [-0.05, 0) is 19.4 Å². The van der Waals surface area contributed by atoms with E-state index in [0.717, 1.165) is 23.9 Å². The Labute approximate surface area is 235 Å². The summed E-state index contributed by atoms with van der Waals surface area (Å²) in [5.74, 6) is 0. The van der Waals surface area contributed by atoms with Crippen LogP contribution < -0.4 is 18.1 Å². The third-order valence-corrected chi connectivity index (χ3v) is 7.39. The summed E-state index contributed by atoms with van der Waals surface area (Å²) in [5, 5.41) is 9.20. The Morgan fingerprint density at radius 3 is 1.22 bits per heavy atom. The van der Waals surface area contributed by atoms with Crippen molar-refractivity contribution in [3.8, 4) is 0 Å². The van der Waals surface area contributed by atoms with E-state index in [-0.39, 0.29) is 24.7 Å². The van der Waals surface area contributed by atoms with E-state index in [1.54, 1.807) is 0 Å². The summed E-state index contributed by atoms with van der Waals surface area (Å²) >= 11 is 0. The van der Waals surface area contributed by atoms with Gasteiger partial charge >= 0.3 is 0 Å². The van der Waals surface area contributed by atoms with Crippen LogP contribution in [0.25, 0.3) is 0 Å². The molecule has 0 aromatic heterocycles. The zero-order valence-corrected chi connectivity index (χ0v) is 26.3. The van der Waals surface area contributed by atoms with Crippen molar-refractivity contribution >= 4 is 0 Å². The molecule has 0 bridgehead atoms. The van der Waals surface area contributed by atoms with Crippen LogP contribution in [0.4, 0.5) is 0 Å². The predicted octanol–water partition coefficient (Wildman–Crippen LogP) is 6.53.